The van der Waals surface area contributed by atoms with Gasteiger partial charge in [0.1, 0.15) is 6.04 Å². The molecular formula is C11H14BrN3O2. The maximum atomic E-state index is 11.4. The molecule has 17 heavy (non-hydrogen) atoms. The fourth-order valence-corrected chi connectivity index (χ4v) is 2.43. The minimum Gasteiger partial charge on any atom is -0.380 e. The lowest BCUT2D eigenvalue weighted by molar-refractivity contribution is -0.119. The quantitative estimate of drug-likeness (QED) is 0.901. The highest BCUT2D eigenvalue weighted by Gasteiger charge is 2.36. The fraction of sp³-hybridized carbons (Fsp3) is 0.455. The van der Waals surface area contributed by atoms with Gasteiger partial charge in [0, 0.05) is 30.7 Å². The monoisotopic (exact) mass is 299 g/mol. The average Bonchev–Trinajstić information content (AvgIpc) is 2.73. The molecule has 2 N–H and O–H groups in total. The van der Waals surface area contributed by atoms with E-state index in [9.17, 15) is 4.79 Å². The normalized spacial score (nSPS) is 24.0. The van der Waals surface area contributed by atoms with Crippen molar-refractivity contribution in [1.29, 1.82) is 0 Å². The highest BCUT2D eigenvalue weighted by Crippen LogP contribution is 2.28. The number of carbonyl (C=O) groups is 1. The largest absolute Gasteiger partial charge is 0.380 e. The van der Waals surface area contributed by atoms with Crippen molar-refractivity contribution in [2.24, 2.45) is 5.73 Å². The van der Waals surface area contributed by atoms with E-state index in [1.807, 2.05) is 11.0 Å². The van der Waals surface area contributed by atoms with E-state index in [0.717, 1.165) is 10.2 Å². The SMILES string of the molecule is CO[C@H]1C[C@@H](C(N)=O)N(c2cncc(Br)c2)C1. The van der Waals surface area contributed by atoms with Gasteiger partial charge in [0.2, 0.25) is 5.91 Å². The number of methoxy groups -OCH3 is 1. The van der Waals surface area contributed by atoms with Crippen molar-refractivity contribution < 1.29 is 9.53 Å². The first-order valence-electron chi connectivity index (χ1n) is 5.31. The third-order valence-corrected chi connectivity index (χ3v) is 3.38. The summed E-state index contributed by atoms with van der Waals surface area (Å²) in [4.78, 5) is 17.5. The Morgan fingerprint density at radius 1 is 1.65 bits per heavy atom. The van der Waals surface area contributed by atoms with E-state index in [1.54, 1.807) is 19.5 Å². The van der Waals surface area contributed by atoms with Gasteiger partial charge in [-0.15, -0.1) is 0 Å². The molecule has 1 aliphatic rings. The van der Waals surface area contributed by atoms with Crippen LogP contribution in [-0.2, 0) is 9.53 Å². The number of ether oxygens (including phenoxy) is 1. The molecule has 5 nitrogen and oxygen atoms in total. The van der Waals surface area contributed by atoms with Crippen LogP contribution in [0.4, 0.5) is 5.69 Å². The molecule has 2 rings (SSSR count). The topological polar surface area (TPSA) is 68.5 Å². The summed E-state index contributed by atoms with van der Waals surface area (Å²) in [6.07, 6.45) is 4.08. The van der Waals surface area contributed by atoms with Crippen molar-refractivity contribution in [3.8, 4) is 0 Å². The molecule has 1 saturated heterocycles. The Bertz CT molecular complexity index is 427. The minimum absolute atomic E-state index is 0.0338. The van der Waals surface area contributed by atoms with E-state index < -0.39 is 0 Å². The van der Waals surface area contributed by atoms with E-state index in [0.29, 0.717) is 13.0 Å². The molecule has 1 aromatic rings. The minimum atomic E-state index is -0.329. The lowest BCUT2D eigenvalue weighted by Crippen LogP contribution is -2.40. The maximum absolute atomic E-state index is 11.4. The Hall–Kier alpha value is -1.14. The average molecular weight is 300 g/mol. The van der Waals surface area contributed by atoms with Crippen molar-refractivity contribution >= 4 is 27.5 Å². The number of carbonyl (C=O) groups excluding carboxylic acids is 1. The highest BCUT2D eigenvalue weighted by molar-refractivity contribution is 9.10. The number of pyridine rings is 1. The van der Waals surface area contributed by atoms with Gasteiger partial charge in [0.05, 0.1) is 18.0 Å². The molecule has 2 atom stereocenters. The Labute approximate surface area is 108 Å². The third-order valence-electron chi connectivity index (χ3n) is 2.95. The van der Waals surface area contributed by atoms with Crippen LogP contribution in [0.5, 0.6) is 0 Å². The van der Waals surface area contributed by atoms with Gasteiger partial charge in [-0.05, 0) is 22.0 Å². The number of hydrogen-bond donors (Lipinski definition) is 1. The summed E-state index contributed by atoms with van der Waals surface area (Å²) in [5.74, 6) is -0.329. The highest BCUT2D eigenvalue weighted by atomic mass is 79.9. The number of nitrogens with zero attached hydrogens (tertiary/aromatic N) is 2. The van der Waals surface area contributed by atoms with Crippen molar-refractivity contribution in [3.05, 3.63) is 22.9 Å². The second-order valence-corrected chi connectivity index (χ2v) is 4.94. The molecule has 2 heterocycles. The number of rotatable bonds is 3. The van der Waals surface area contributed by atoms with E-state index in [-0.39, 0.29) is 18.1 Å². The molecule has 0 bridgehead atoms. The van der Waals surface area contributed by atoms with Gasteiger partial charge in [-0.1, -0.05) is 0 Å². The predicted molar refractivity (Wildman–Crippen MR) is 67.7 cm³/mol. The molecule has 1 amide bonds. The van der Waals surface area contributed by atoms with Crippen LogP contribution in [0.3, 0.4) is 0 Å². The van der Waals surface area contributed by atoms with Crippen LogP contribution in [0, 0.1) is 0 Å². The Kier molecular flexibility index (Phi) is 3.63. The molecule has 0 unspecified atom stereocenters. The van der Waals surface area contributed by atoms with Crippen molar-refractivity contribution in [1.82, 2.24) is 4.98 Å². The van der Waals surface area contributed by atoms with Gasteiger partial charge in [-0.3, -0.25) is 9.78 Å². The summed E-state index contributed by atoms with van der Waals surface area (Å²) >= 11 is 3.36. The van der Waals surface area contributed by atoms with Gasteiger partial charge >= 0.3 is 0 Å². The van der Waals surface area contributed by atoms with E-state index in [1.165, 1.54) is 0 Å². The van der Waals surface area contributed by atoms with Crippen LogP contribution in [-0.4, -0.2) is 36.7 Å². The first-order valence-corrected chi connectivity index (χ1v) is 6.10. The Balaban J connectivity index is 2.26. The first-order chi connectivity index (χ1) is 8.11. The predicted octanol–water partition coefficient (Wildman–Crippen LogP) is 0.923. The third kappa shape index (κ3) is 2.58. The molecule has 1 aliphatic heterocycles. The number of hydrogen-bond acceptors (Lipinski definition) is 4. The molecule has 0 aromatic carbocycles. The van der Waals surface area contributed by atoms with Gasteiger partial charge < -0.3 is 15.4 Å². The van der Waals surface area contributed by atoms with Gasteiger partial charge in [-0.25, -0.2) is 0 Å². The molecule has 1 fully saturated rings. The Morgan fingerprint density at radius 2 is 2.41 bits per heavy atom. The van der Waals surface area contributed by atoms with Crippen LogP contribution >= 0.6 is 15.9 Å². The molecule has 0 saturated carbocycles. The maximum Gasteiger partial charge on any atom is 0.240 e. The van der Waals surface area contributed by atoms with E-state index >= 15 is 0 Å². The standard InChI is InChI=1S/C11H14BrN3O2/c1-17-9-3-10(11(13)16)15(6-9)8-2-7(12)4-14-5-8/h2,4-5,9-10H,3,6H2,1H3,(H2,13,16)/t9-,10-/m0/s1. The summed E-state index contributed by atoms with van der Waals surface area (Å²) < 4.78 is 6.17. The van der Waals surface area contributed by atoms with Crippen molar-refractivity contribution in [3.63, 3.8) is 0 Å². The zero-order valence-electron chi connectivity index (χ0n) is 9.47. The Morgan fingerprint density at radius 3 is 3.00 bits per heavy atom. The first kappa shape index (κ1) is 12.3. The molecule has 92 valence electrons. The zero-order valence-corrected chi connectivity index (χ0v) is 11.1. The van der Waals surface area contributed by atoms with Crippen LogP contribution in [0.25, 0.3) is 0 Å². The lowest BCUT2D eigenvalue weighted by Gasteiger charge is -2.23. The summed E-state index contributed by atoms with van der Waals surface area (Å²) in [6, 6.07) is 1.59. The molecule has 0 aliphatic carbocycles. The van der Waals surface area contributed by atoms with Gasteiger partial charge in [-0.2, -0.15) is 0 Å². The summed E-state index contributed by atoms with van der Waals surface area (Å²) in [5, 5.41) is 0. The number of halogens is 1. The molecule has 0 radical (unpaired) electrons. The van der Waals surface area contributed by atoms with Crippen molar-refractivity contribution in [2.75, 3.05) is 18.6 Å². The van der Waals surface area contributed by atoms with E-state index in [4.69, 9.17) is 10.5 Å². The smallest absolute Gasteiger partial charge is 0.240 e. The lowest BCUT2D eigenvalue weighted by atomic mass is 10.2. The summed E-state index contributed by atoms with van der Waals surface area (Å²) in [7, 11) is 1.64. The number of aromatic nitrogens is 1. The van der Waals surface area contributed by atoms with Crippen LogP contribution in [0.15, 0.2) is 22.9 Å². The van der Waals surface area contributed by atoms with E-state index in [2.05, 4.69) is 20.9 Å². The molecule has 6 heteroatoms. The number of nitrogens with two attached hydrogens (primary N) is 1. The molecule has 0 spiro atoms. The van der Waals surface area contributed by atoms with Crippen LogP contribution < -0.4 is 10.6 Å². The number of anilines is 1. The molecular weight excluding hydrogens is 286 g/mol. The van der Waals surface area contributed by atoms with Crippen molar-refractivity contribution in [2.45, 2.75) is 18.6 Å². The van der Waals surface area contributed by atoms with Gasteiger partial charge in [0.15, 0.2) is 0 Å². The van der Waals surface area contributed by atoms with Crippen LogP contribution in [0.1, 0.15) is 6.42 Å². The molecule has 1 aromatic heterocycles. The number of primary amides is 1. The van der Waals surface area contributed by atoms with Gasteiger partial charge in [0.25, 0.3) is 0 Å². The summed E-state index contributed by atoms with van der Waals surface area (Å²) in [6.45, 7) is 0.655. The second-order valence-electron chi connectivity index (χ2n) is 4.03. The number of amides is 1. The zero-order chi connectivity index (χ0) is 12.4. The van der Waals surface area contributed by atoms with Crippen LogP contribution in [0.2, 0.25) is 0 Å². The summed E-state index contributed by atoms with van der Waals surface area (Å²) in [5.41, 5.74) is 6.29. The fourth-order valence-electron chi connectivity index (χ4n) is 2.08. The second kappa shape index (κ2) is 5.01.